The molecule has 0 aliphatic heterocycles. The molecule has 1 aromatic heterocycles. The molecule has 0 bridgehead atoms. The molecule has 2 rings (SSSR count). The van der Waals surface area contributed by atoms with E-state index in [0.717, 1.165) is 18.7 Å². The van der Waals surface area contributed by atoms with Crippen LogP contribution in [0.5, 0.6) is 0 Å². The maximum absolute atomic E-state index is 11.0. The zero-order valence-corrected chi connectivity index (χ0v) is 9.75. The van der Waals surface area contributed by atoms with Crippen LogP contribution in [-0.2, 0) is 4.79 Å². The topological polar surface area (TPSA) is 90.9 Å². The highest BCUT2D eigenvalue weighted by Gasteiger charge is 2.28. The largest absolute Gasteiger partial charge is 0.480 e. The Labute approximate surface area is 97.2 Å². The van der Waals surface area contributed by atoms with Gasteiger partial charge in [0.1, 0.15) is 11.9 Å². The first-order valence-electron chi connectivity index (χ1n) is 5.16. The first-order valence-corrected chi connectivity index (χ1v) is 6.14. The van der Waals surface area contributed by atoms with E-state index >= 15 is 0 Å². The molecule has 1 aromatic rings. The SMILES string of the molecule is Cc1nc(SCC(NC2CC2)C(=O)O)n[nH]1. The number of H-pyrrole nitrogens is 1. The summed E-state index contributed by atoms with van der Waals surface area (Å²) in [6.45, 7) is 1.81. The van der Waals surface area contributed by atoms with Gasteiger partial charge in [-0.3, -0.25) is 9.89 Å². The monoisotopic (exact) mass is 242 g/mol. The van der Waals surface area contributed by atoms with Gasteiger partial charge in [0.2, 0.25) is 5.16 Å². The molecule has 0 amide bonds. The van der Waals surface area contributed by atoms with Gasteiger partial charge in [0.15, 0.2) is 0 Å². The Morgan fingerprint density at radius 1 is 1.75 bits per heavy atom. The molecular formula is C9H14N4O2S. The molecule has 88 valence electrons. The molecule has 1 aliphatic carbocycles. The lowest BCUT2D eigenvalue weighted by Crippen LogP contribution is -2.40. The van der Waals surface area contributed by atoms with Crippen LogP contribution in [0.25, 0.3) is 0 Å². The molecule has 16 heavy (non-hydrogen) atoms. The van der Waals surface area contributed by atoms with Gasteiger partial charge in [-0.15, -0.1) is 5.10 Å². The van der Waals surface area contributed by atoms with Crippen molar-refractivity contribution in [3.05, 3.63) is 5.82 Å². The summed E-state index contributed by atoms with van der Waals surface area (Å²) in [5.41, 5.74) is 0. The van der Waals surface area contributed by atoms with Crippen LogP contribution in [0.3, 0.4) is 0 Å². The third-order valence-corrected chi connectivity index (χ3v) is 3.21. The van der Waals surface area contributed by atoms with Crippen molar-refractivity contribution in [3.8, 4) is 0 Å². The average Bonchev–Trinajstić information content (AvgIpc) is 2.95. The van der Waals surface area contributed by atoms with Crippen molar-refractivity contribution < 1.29 is 9.90 Å². The second-order valence-corrected chi connectivity index (χ2v) is 4.83. The fraction of sp³-hybridized carbons (Fsp3) is 0.667. The summed E-state index contributed by atoms with van der Waals surface area (Å²) in [5, 5.41) is 19.4. The summed E-state index contributed by atoms with van der Waals surface area (Å²) in [6, 6.07) is -0.133. The van der Waals surface area contributed by atoms with Crippen molar-refractivity contribution >= 4 is 17.7 Å². The van der Waals surface area contributed by atoms with Crippen LogP contribution >= 0.6 is 11.8 Å². The number of rotatable bonds is 6. The smallest absolute Gasteiger partial charge is 0.321 e. The number of hydrogen-bond acceptors (Lipinski definition) is 5. The van der Waals surface area contributed by atoms with Gasteiger partial charge in [-0.05, 0) is 19.8 Å². The first-order chi connectivity index (χ1) is 7.65. The third kappa shape index (κ3) is 3.21. The minimum Gasteiger partial charge on any atom is -0.480 e. The van der Waals surface area contributed by atoms with Crippen molar-refractivity contribution in [2.75, 3.05) is 5.75 Å². The summed E-state index contributed by atoms with van der Waals surface area (Å²) >= 11 is 1.35. The van der Waals surface area contributed by atoms with Crippen LogP contribution in [0.15, 0.2) is 5.16 Å². The number of aromatic nitrogens is 3. The van der Waals surface area contributed by atoms with E-state index in [9.17, 15) is 4.79 Å². The normalized spacial score (nSPS) is 17.3. The highest BCUT2D eigenvalue weighted by molar-refractivity contribution is 7.99. The Balaban J connectivity index is 1.83. The lowest BCUT2D eigenvalue weighted by atomic mass is 10.3. The minimum atomic E-state index is -0.813. The van der Waals surface area contributed by atoms with Crippen molar-refractivity contribution in [1.29, 1.82) is 0 Å². The van der Waals surface area contributed by atoms with Gasteiger partial charge in [-0.2, -0.15) is 0 Å². The maximum Gasteiger partial charge on any atom is 0.321 e. The fourth-order valence-corrected chi connectivity index (χ4v) is 2.14. The number of carboxylic acids is 1. The number of aliphatic carboxylic acids is 1. The van der Waals surface area contributed by atoms with Gasteiger partial charge < -0.3 is 10.4 Å². The molecule has 0 radical (unpaired) electrons. The summed E-state index contributed by atoms with van der Waals surface area (Å²) in [5.74, 6) is 0.375. The summed E-state index contributed by atoms with van der Waals surface area (Å²) < 4.78 is 0. The molecule has 0 saturated heterocycles. The zero-order valence-electron chi connectivity index (χ0n) is 8.93. The highest BCUT2D eigenvalue weighted by atomic mass is 32.2. The lowest BCUT2D eigenvalue weighted by Gasteiger charge is -2.11. The average molecular weight is 242 g/mol. The van der Waals surface area contributed by atoms with E-state index in [4.69, 9.17) is 5.11 Å². The Hall–Kier alpha value is -1.08. The molecule has 1 unspecified atom stereocenters. The van der Waals surface area contributed by atoms with E-state index < -0.39 is 12.0 Å². The second kappa shape index (κ2) is 4.84. The Bertz CT molecular complexity index is 377. The molecular weight excluding hydrogens is 228 g/mol. The van der Waals surface area contributed by atoms with Gasteiger partial charge >= 0.3 is 5.97 Å². The van der Waals surface area contributed by atoms with Crippen LogP contribution in [0.1, 0.15) is 18.7 Å². The molecule has 1 aliphatic rings. The summed E-state index contributed by atoms with van der Waals surface area (Å²) in [6.07, 6.45) is 2.16. The number of nitrogens with zero attached hydrogens (tertiary/aromatic N) is 2. The van der Waals surface area contributed by atoms with Crippen LogP contribution in [0.2, 0.25) is 0 Å². The Morgan fingerprint density at radius 3 is 3.00 bits per heavy atom. The lowest BCUT2D eigenvalue weighted by molar-refractivity contribution is -0.138. The minimum absolute atomic E-state index is 0.385. The molecule has 7 heteroatoms. The molecule has 3 N–H and O–H groups in total. The molecule has 6 nitrogen and oxygen atoms in total. The van der Waals surface area contributed by atoms with E-state index in [-0.39, 0.29) is 0 Å². The zero-order chi connectivity index (χ0) is 11.5. The molecule has 0 spiro atoms. The van der Waals surface area contributed by atoms with E-state index in [1.54, 1.807) is 0 Å². The number of hydrogen-bond donors (Lipinski definition) is 3. The number of carbonyl (C=O) groups is 1. The highest BCUT2D eigenvalue weighted by Crippen LogP contribution is 2.21. The van der Waals surface area contributed by atoms with Crippen LogP contribution in [0.4, 0.5) is 0 Å². The van der Waals surface area contributed by atoms with Crippen molar-refractivity contribution in [2.45, 2.75) is 37.0 Å². The van der Waals surface area contributed by atoms with E-state index in [1.807, 2.05) is 6.92 Å². The second-order valence-electron chi connectivity index (χ2n) is 3.85. The molecule has 1 fully saturated rings. The Kier molecular flexibility index (Phi) is 3.45. The van der Waals surface area contributed by atoms with Crippen molar-refractivity contribution in [3.63, 3.8) is 0 Å². The number of aryl methyl sites for hydroxylation is 1. The first kappa shape index (κ1) is 11.4. The van der Waals surface area contributed by atoms with Gasteiger partial charge in [-0.1, -0.05) is 11.8 Å². The maximum atomic E-state index is 11.0. The molecule has 1 atom stereocenters. The van der Waals surface area contributed by atoms with Gasteiger partial charge in [0.05, 0.1) is 0 Å². The predicted molar refractivity (Wildman–Crippen MR) is 59.4 cm³/mol. The predicted octanol–water partition coefficient (Wildman–Crippen LogP) is 0.410. The third-order valence-electron chi connectivity index (χ3n) is 2.27. The number of aromatic amines is 1. The van der Waals surface area contributed by atoms with E-state index in [0.29, 0.717) is 17.0 Å². The van der Waals surface area contributed by atoms with Crippen LogP contribution in [-0.4, -0.2) is 44.1 Å². The summed E-state index contributed by atoms with van der Waals surface area (Å²) in [7, 11) is 0. The van der Waals surface area contributed by atoms with Crippen molar-refractivity contribution in [2.24, 2.45) is 0 Å². The van der Waals surface area contributed by atoms with Gasteiger partial charge in [0.25, 0.3) is 0 Å². The number of carboxylic acid groups (broad SMARTS) is 1. The van der Waals surface area contributed by atoms with E-state index in [1.165, 1.54) is 11.8 Å². The van der Waals surface area contributed by atoms with Crippen LogP contribution in [0, 0.1) is 6.92 Å². The Morgan fingerprint density at radius 2 is 2.50 bits per heavy atom. The fourth-order valence-electron chi connectivity index (χ4n) is 1.27. The summed E-state index contributed by atoms with van der Waals surface area (Å²) in [4.78, 5) is 15.1. The molecule has 0 aromatic carbocycles. The van der Waals surface area contributed by atoms with Gasteiger partial charge in [-0.25, -0.2) is 4.98 Å². The quantitative estimate of drug-likeness (QED) is 0.626. The number of nitrogens with one attached hydrogen (secondary N) is 2. The van der Waals surface area contributed by atoms with E-state index in [2.05, 4.69) is 20.5 Å². The van der Waals surface area contributed by atoms with Crippen LogP contribution < -0.4 is 5.32 Å². The standard InChI is InChI=1S/C9H14N4O2S/c1-5-10-9(13-12-5)16-4-7(8(14)15)11-6-2-3-6/h6-7,11H,2-4H2,1H3,(H,14,15)(H,10,12,13). The van der Waals surface area contributed by atoms with Crippen molar-refractivity contribution in [1.82, 2.24) is 20.5 Å². The molecule has 1 saturated carbocycles. The molecule has 1 heterocycles. The van der Waals surface area contributed by atoms with Gasteiger partial charge in [0, 0.05) is 11.8 Å². The number of thioether (sulfide) groups is 1.